The molecule has 2 aromatic rings. The molecule has 2 aromatic carbocycles. The minimum Gasteiger partial charge on any atom is -0.496 e. The Morgan fingerprint density at radius 3 is 2.59 bits per heavy atom. The van der Waals surface area contributed by atoms with Gasteiger partial charge in [0.2, 0.25) is 0 Å². The number of ether oxygens (including phenoxy) is 1. The zero-order valence-electron chi connectivity index (χ0n) is 12.8. The number of para-hydroxylation sites is 1. The van der Waals surface area contributed by atoms with E-state index < -0.39 is 0 Å². The molecule has 0 bridgehead atoms. The van der Waals surface area contributed by atoms with Crippen molar-refractivity contribution in [3.05, 3.63) is 71.4 Å². The van der Waals surface area contributed by atoms with Gasteiger partial charge in [-0.15, -0.1) is 0 Å². The highest BCUT2D eigenvalue weighted by Crippen LogP contribution is 2.18. The van der Waals surface area contributed by atoms with Crippen molar-refractivity contribution in [3.8, 4) is 5.75 Å². The van der Waals surface area contributed by atoms with Gasteiger partial charge in [0.25, 0.3) is 0 Å². The van der Waals surface area contributed by atoms with Gasteiger partial charge in [0.1, 0.15) is 5.75 Å². The molecule has 2 rings (SSSR count). The third-order valence-corrected chi connectivity index (χ3v) is 3.19. The summed E-state index contributed by atoms with van der Waals surface area (Å²) in [6, 6.07) is 15.4. The van der Waals surface area contributed by atoms with Gasteiger partial charge in [0.05, 0.1) is 7.11 Å². The number of benzene rings is 2. The molecule has 0 aliphatic heterocycles. The molecule has 2 amide bonds. The predicted molar refractivity (Wildman–Crippen MR) is 88.6 cm³/mol. The minimum atomic E-state index is -0.244. The number of methoxy groups -OCH3 is 1. The highest BCUT2D eigenvalue weighted by molar-refractivity contribution is 5.76. The molecule has 0 fully saturated rings. The Bertz CT molecular complexity index is 648. The van der Waals surface area contributed by atoms with Gasteiger partial charge in [-0.3, -0.25) is 0 Å². The molecule has 2 N–H and O–H groups in total. The normalized spacial score (nSPS) is 10.5. The second-order valence-electron chi connectivity index (χ2n) is 4.89. The summed E-state index contributed by atoms with van der Waals surface area (Å²) in [6.07, 6.45) is 3.40. The first kappa shape index (κ1) is 15.6. The van der Waals surface area contributed by atoms with E-state index in [4.69, 9.17) is 4.74 Å². The summed E-state index contributed by atoms with van der Waals surface area (Å²) in [5.74, 6) is 0.764. The summed E-state index contributed by atoms with van der Waals surface area (Å²) in [5.41, 5.74) is 3.17. The van der Waals surface area contributed by atoms with Crippen LogP contribution in [0.2, 0.25) is 0 Å². The van der Waals surface area contributed by atoms with Crippen LogP contribution in [0.4, 0.5) is 4.79 Å². The fourth-order valence-corrected chi connectivity index (χ4v) is 1.95. The first-order chi connectivity index (χ1) is 10.7. The van der Waals surface area contributed by atoms with Gasteiger partial charge in [-0.1, -0.05) is 48.0 Å². The van der Waals surface area contributed by atoms with Crippen molar-refractivity contribution in [3.63, 3.8) is 0 Å². The number of carbonyl (C=O) groups is 1. The van der Waals surface area contributed by atoms with Crippen molar-refractivity contribution in [1.29, 1.82) is 0 Å². The number of aryl methyl sites for hydroxylation is 1. The van der Waals surface area contributed by atoms with Gasteiger partial charge < -0.3 is 15.4 Å². The fraction of sp³-hybridized carbons (Fsp3) is 0.167. The number of rotatable bonds is 5. The lowest BCUT2D eigenvalue weighted by Gasteiger charge is -2.06. The van der Waals surface area contributed by atoms with Gasteiger partial charge in [0.15, 0.2) is 0 Å². The highest BCUT2D eigenvalue weighted by Gasteiger charge is 1.99. The smallest absolute Gasteiger partial charge is 0.319 e. The van der Waals surface area contributed by atoms with Gasteiger partial charge in [-0.25, -0.2) is 4.79 Å². The average Bonchev–Trinajstić information content (AvgIpc) is 2.55. The lowest BCUT2D eigenvalue weighted by atomic mass is 10.1. The number of hydrogen-bond donors (Lipinski definition) is 2. The van der Waals surface area contributed by atoms with Crippen LogP contribution in [-0.2, 0) is 6.54 Å². The Labute approximate surface area is 130 Å². The first-order valence-electron chi connectivity index (χ1n) is 7.08. The number of hydrogen-bond acceptors (Lipinski definition) is 2. The Morgan fingerprint density at radius 2 is 1.86 bits per heavy atom. The molecule has 22 heavy (non-hydrogen) atoms. The van der Waals surface area contributed by atoms with E-state index in [9.17, 15) is 4.79 Å². The summed E-state index contributed by atoms with van der Waals surface area (Å²) in [6.45, 7) is 2.53. The van der Waals surface area contributed by atoms with Crippen molar-refractivity contribution in [2.75, 3.05) is 7.11 Å². The van der Waals surface area contributed by atoms with Crippen molar-refractivity contribution >= 4 is 12.1 Å². The van der Waals surface area contributed by atoms with E-state index in [0.717, 1.165) is 16.9 Å². The van der Waals surface area contributed by atoms with E-state index in [2.05, 4.69) is 10.6 Å². The Morgan fingerprint density at radius 1 is 1.14 bits per heavy atom. The van der Waals surface area contributed by atoms with Crippen molar-refractivity contribution in [2.24, 2.45) is 0 Å². The highest BCUT2D eigenvalue weighted by atomic mass is 16.5. The van der Waals surface area contributed by atoms with Crippen LogP contribution in [0, 0.1) is 6.92 Å². The standard InChI is InChI=1S/C18H20N2O2/c1-14-7-9-15(10-8-14)13-20-18(21)19-12-11-16-5-3-4-6-17(16)22-2/h3-12H,13H2,1-2H3,(H2,19,20,21)/b12-11+. The van der Waals surface area contributed by atoms with Crippen LogP contribution in [0.25, 0.3) is 6.08 Å². The van der Waals surface area contributed by atoms with Gasteiger partial charge in [-0.2, -0.15) is 0 Å². The third kappa shape index (κ3) is 4.66. The van der Waals surface area contributed by atoms with Crippen LogP contribution in [-0.4, -0.2) is 13.1 Å². The molecule has 0 spiro atoms. The van der Waals surface area contributed by atoms with Gasteiger partial charge in [0, 0.05) is 18.3 Å². The fourth-order valence-electron chi connectivity index (χ4n) is 1.95. The first-order valence-corrected chi connectivity index (χ1v) is 7.08. The third-order valence-electron chi connectivity index (χ3n) is 3.19. The van der Waals surface area contributed by atoms with E-state index in [1.807, 2.05) is 55.5 Å². The SMILES string of the molecule is COc1ccccc1/C=C/NC(=O)NCc1ccc(C)cc1. The molecule has 0 saturated heterocycles. The minimum absolute atomic E-state index is 0.244. The molecular weight excluding hydrogens is 276 g/mol. The van der Waals surface area contributed by atoms with Crippen molar-refractivity contribution < 1.29 is 9.53 Å². The van der Waals surface area contributed by atoms with E-state index in [0.29, 0.717) is 6.54 Å². The molecule has 4 heteroatoms. The molecule has 0 saturated carbocycles. The molecule has 0 heterocycles. The van der Waals surface area contributed by atoms with Crippen LogP contribution in [0.1, 0.15) is 16.7 Å². The zero-order chi connectivity index (χ0) is 15.8. The molecular formula is C18H20N2O2. The maximum atomic E-state index is 11.7. The summed E-state index contributed by atoms with van der Waals surface area (Å²) in [5, 5.41) is 5.48. The lowest BCUT2D eigenvalue weighted by molar-refractivity contribution is 0.244. The monoisotopic (exact) mass is 296 g/mol. The zero-order valence-corrected chi connectivity index (χ0v) is 12.8. The van der Waals surface area contributed by atoms with Crippen molar-refractivity contribution in [1.82, 2.24) is 10.6 Å². The number of amides is 2. The predicted octanol–water partition coefficient (Wildman–Crippen LogP) is 3.47. The Hall–Kier alpha value is -2.75. The topological polar surface area (TPSA) is 50.4 Å². The summed E-state index contributed by atoms with van der Waals surface area (Å²) >= 11 is 0. The van der Waals surface area contributed by atoms with Crippen LogP contribution in [0.3, 0.4) is 0 Å². The maximum absolute atomic E-state index is 11.7. The van der Waals surface area contributed by atoms with Crippen LogP contribution in [0.15, 0.2) is 54.7 Å². The molecule has 0 radical (unpaired) electrons. The molecule has 0 aliphatic rings. The molecule has 4 nitrogen and oxygen atoms in total. The Balaban J connectivity index is 1.82. The van der Waals surface area contributed by atoms with Crippen LogP contribution in [0.5, 0.6) is 5.75 Å². The molecule has 114 valence electrons. The Kier molecular flexibility index (Phi) is 5.60. The number of urea groups is 1. The number of nitrogens with one attached hydrogen (secondary N) is 2. The van der Waals surface area contributed by atoms with Crippen molar-refractivity contribution in [2.45, 2.75) is 13.5 Å². The van der Waals surface area contributed by atoms with Gasteiger partial charge in [-0.05, 0) is 24.6 Å². The summed E-state index contributed by atoms with van der Waals surface area (Å²) in [4.78, 5) is 11.7. The average molecular weight is 296 g/mol. The second kappa shape index (κ2) is 7.88. The molecule has 0 atom stereocenters. The van der Waals surface area contributed by atoms with E-state index in [-0.39, 0.29) is 6.03 Å². The van der Waals surface area contributed by atoms with E-state index in [1.165, 1.54) is 5.56 Å². The molecule has 0 unspecified atom stereocenters. The molecule has 0 aliphatic carbocycles. The number of carbonyl (C=O) groups excluding carboxylic acids is 1. The summed E-state index contributed by atoms with van der Waals surface area (Å²) < 4.78 is 5.24. The second-order valence-corrected chi connectivity index (χ2v) is 4.89. The lowest BCUT2D eigenvalue weighted by Crippen LogP contribution is -2.31. The molecule has 0 aromatic heterocycles. The van der Waals surface area contributed by atoms with E-state index in [1.54, 1.807) is 19.4 Å². The van der Waals surface area contributed by atoms with E-state index >= 15 is 0 Å². The summed E-state index contributed by atoms with van der Waals surface area (Å²) in [7, 11) is 1.62. The quantitative estimate of drug-likeness (QED) is 0.887. The van der Waals surface area contributed by atoms with Crippen LogP contribution < -0.4 is 15.4 Å². The maximum Gasteiger partial charge on any atom is 0.319 e. The van der Waals surface area contributed by atoms with Gasteiger partial charge >= 0.3 is 6.03 Å². The van der Waals surface area contributed by atoms with Crippen LogP contribution >= 0.6 is 0 Å². The largest absolute Gasteiger partial charge is 0.496 e.